The van der Waals surface area contributed by atoms with Crippen LogP contribution >= 0.6 is 0 Å². The fourth-order valence-corrected chi connectivity index (χ4v) is 6.31. The Bertz CT molecular complexity index is 1650. The molecule has 278 valence electrons. The molecule has 0 unspecified atom stereocenters. The highest BCUT2D eigenvalue weighted by molar-refractivity contribution is 6.35. The molecule has 2 fully saturated rings. The summed E-state index contributed by atoms with van der Waals surface area (Å²) >= 11 is 0. The summed E-state index contributed by atoms with van der Waals surface area (Å²) in [5.74, 6) is -2.73. The van der Waals surface area contributed by atoms with E-state index >= 15 is 0 Å². The SMILES string of the molecule is CC(C)(C)OC(=O)NCC(=O)NCC(=O)N1CCN(C(=O)C(=O)N2CCN(C(=O)CNC(=O)OCC3c4ccccc4-c4ccccc43)CC2)CC1. The van der Waals surface area contributed by atoms with Gasteiger partial charge in [0.05, 0.1) is 6.54 Å². The molecule has 0 aromatic heterocycles. The third kappa shape index (κ3) is 9.56. The van der Waals surface area contributed by atoms with Crippen molar-refractivity contribution in [2.75, 3.05) is 78.6 Å². The van der Waals surface area contributed by atoms with Gasteiger partial charge in [-0.25, -0.2) is 9.59 Å². The van der Waals surface area contributed by atoms with E-state index in [0.717, 1.165) is 22.3 Å². The molecule has 3 N–H and O–H groups in total. The predicted octanol–water partition coefficient (Wildman–Crippen LogP) is 0.508. The zero-order valence-corrected chi connectivity index (χ0v) is 29.6. The molecule has 5 rings (SSSR count). The Morgan fingerprint density at radius 2 is 1.02 bits per heavy atom. The van der Waals surface area contributed by atoms with Gasteiger partial charge in [-0.15, -0.1) is 0 Å². The monoisotopic (exact) mass is 719 g/mol. The lowest BCUT2D eigenvalue weighted by molar-refractivity contribution is -0.155. The molecule has 2 aromatic carbocycles. The van der Waals surface area contributed by atoms with Crippen LogP contribution in [0, 0.1) is 0 Å². The molecule has 2 aliphatic heterocycles. The number of amides is 7. The molecule has 3 aliphatic rings. The number of alkyl carbamates (subject to hydrolysis) is 2. The number of benzene rings is 2. The van der Waals surface area contributed by atoms with Crippen LogP contribution < -0.4 is 16.0 Å². The summed E-state index contributed by atoms with van der Waals surface area (Å²) in [4.78, 5) is 93.4. The molecule has 7 amide bonds. The van der Waals surface area contributed by atoms with E-state index in [2.05, 4.69) is 16.0 Å². The van der Waals surface area contributed by atoms with Crippen molar-refractivity contribution in [1.29, 1.82) is 0 Å². The van der Waals surface area contributed by atoms with E-state index in [-0.39, 0.29) is 96.3 Å². The molecule has 16 nitrogen and oxygen atoms in total. The fraction of sp³-hybridized carbons (Fsp3) is 0.472. The molecule has 0 bridgehead atoms. The van der Waals surface area contributed by atoms with Gasteiger partial charge < -0.3 is 45.0 Å². The third-order valence-corrected chi connectivity index (χ3v) is 8.98. The first kappa shape index (κ1) is 37.6. The average Bonchev–Trinajstić information content (AvgIpc) is 3.46. The molecular formula is C36H45N7O9. The first-order chi connectivity index (χ1) is 24.8. The van der Waals surface area contributed by atoms with Crippen molar-refractivity contribution in [3.05, 3.63) is 59.7 Å². The average molecular weight is 720 g/mol. The van der Waals surface area contributed by atoms with Gasteiger partial charge in [0.25, 0.3) is 0 Å². The number of nitrogens with one attached hydrogen (secondary N) is 3. The molecule has 2 aromatic rings. The maximum atomic E-state index is 13.0. The van der Waals surface area contributed by atoms with E-state index in [9.17, 15) is 33.6 Å². The molecule has 16 heteroatoms. The number of ether oxygens (including phenoxy) is 2. The van der Waals surface area contributed by atoms with Crippen LogP contribution in [0.5, 0.6) is 0 Å². The Morgan fingerprint density at radius 1 is 0.596 bits per heavy atom. The maximum absolute atomic E-state index is 13.0. The molecule has 0 atom stereocenters. The van der Waals surface area contributed by atoms with Crippen molar-refractivity contribution in [2.45, 2.75) is 32.3 Å². The summed E-state index contributed by atoms with van der Waals surface area (Å²) in [6.45, 7) is 5.67. The molecule has 0 saturated carbocycles. The zero-order valence-electron chi connectivity index (χ0n) is 29.6. The van der Waals surface area contributed by atoms with Gasteiger partial charge in [-0.3, -0.25) is 24.0 Å². The number of fused-ring (bicyclic) bond motifs is 3. The van der Waals surface area contributed by atoms with Crippen LogP contribution in [0.2, 0.25) is 0 Å². The van der Waals surface area contributed by atoms with Crippen LogP contribution in [-0.2, 0) is 33.4 Å². The smallest absolute Gasteiger partial charge is 0.408 e. The van der Waals surface area contributed by atoms with Crippen LogP contribution in [0.25, 0.3) is 11.1 Å². The van der Waals surface area contributed by atoms with E-state index in [1.54, 1.807) is 20.8 Å². The Kier molecular flexibility index (Phi) is 12.0. The molecule has 52 heavy (non-hydrogen) atoms. The second-order valence-corrected chi connectivity index (χ2v) is 13.7. The highest BCUT2D eigenvalue weighted by Gasteiger charge is 2.34. The first-order valence-corrected chi connectivity index (χ1v) is 17.3. The first-order valence-electron chi connectivity index (χ1n) is 17.3. The zero-order chi connectivity index (χ0) is 37.4. The molecule has 0 radical (unpaired) electrons. The summed E-state index contributed by atoms with van der Waals surface area (Å²) in [6, 6.07) is 16.0. The standard InChI is InChI=1S/C36H45N7O9/c1-36(2,3)52-35(50)38-20-29(44)37-21-30(45)40-12-16-42(17-13-40)32(47)33(48)43-18-14-41(15-19-43)31(46)22-39-34(49)51-23-28-26-10-6-4-8-24(26)25-9-5-7-11-27(25)28/h4-11,28H,12-23H2,1-3H3,(H,37,44)(H,38,50)(H,39,49). The number of carbonyl (C=O) groups excluding carboxylic acids is 7. The van der Waals surface area contributed by atoms with Crippen molar-refractivity contribution in [1.82, 2.24) is 35.6 Å². The molecule has 0 spiro atoms. The van der Waals surface area contributed by atoms with E-state index in [4.69, 9.17) is 9.47 Å². The Hall–Kier alpha value is -5.67. The van der Waals surface area contributed by atoms with Crippen molar-refractivity contribution in [3.8, 4) is 11.1 Å². The van der Waals surface area contributed by atoms with E-state index in [0.29, 0.717) is 0 Å². The third-order valence-electron chi connectivity index (χ3n) is 8.98. The van der Waals surface area contributed by atoms with E-state index < -0.39 is 35.5 Å². The molecule has 2 heterocycles. The van der Waals surface area contributed by atoms with Gasteiger partial charge in [0.1, 0.15) is 25.3 Å². The van der Waals surface area contributed by atoms with E-state index in [1.165, 1.54) is 19.6 Å². The summed E-state index contributed by atoms with van der Waals surface area (Å²) in [6.07, 6.45) is -1.45. The van der Waals surface area contributed by atoms with Crippen LogP contribution in [0.15, 0.2) is 48.5 Å². The second-order valence-electron chi connectivity index (χ2n) is 13.7. The lowest BCUT2D eigenvalue weighted by Gasteiger charge is -2.37. The van der Waals surface area contributed by atoms with Crippen LogP contribution in [-0.4, -0.2) is 146 Å². The Labute approximate surface area is 301 Å². The Balaban J connectivity index is 0.965. The number of nitrogens with zero attached hydrogens (tertiary/aromatic N) is 4. The summed E-state index contributed by atoms with van der Waals surface area (Å²) in [7, 11) is 0. The van der Waals surface area contributed by atoms with Crippen molar-refractivity contribution < 1.29 is 43.0 Å². The minimum atomic E-state index is -0.750. The minimum Gasteiger partial charge on any atom is -0.449 e. The lowest BCUT2D eigenvalue weighted by atomic mass is 9.98. The van der Waals surface area contributed by atoms with Gasteiger partial charge in [-0.05, 0) is 43.0 Å². The summed E-state index contributed by atoms with van der Waals surface area (Å²) in [5.41, 5.74) is 3.69. The predicted molar refractivity (Wildman–Crippen MR) is 187 cm³/mol. The highest BCUT2D eigenvalue weighted by Crippen LogP contribution is 2.44. The van der Waals surface area contributed by atoms with Crippen molar-refractivity contribution in [2.24, 2.45) is 0 Å². The number of rotatable bonds is 8. The van der Waals surface area contributed by atoms with E-state index in [1.807, 2.05) is 48.5 Å². The Morgan fingerprint density at radius 3 is 1.50 bits per heavy atom. The molecule has 1 aliphatic carbocycles. The van der Waals surface area contributed by atoms with Crippen molar-refractivity contribution >= 4 is 41.7 Å². The highest BCUT2D eigenvalue weighted by atomic mass is 16.6. The van der Waals surface area contributed by atoms with Crippen LogP contribution in [0.4, 0.5) is 9.59 Å². The number of carbonyl (C=O) groups is 7. The lowest BCUT2D eigenvalue weighted by Crippen LogP contribution is -2.58. The number of piperazine rings is 2. The van der Waals surface area contributed by atoms with Gasteiger partial charge in [0.15, 0.2) is 0 Å². The quantitative estimate of drug-likeness (QED) is 0.327. The largest absolute Gasteiger partial charge is 0.449 e. The minimum absolute atomic E-state index is 0.102. The van der Waals surface area contributed by atoms with Crippen LogP contribution in [0.3, 0.4) is 0 Å². The van der Waals surface area contributed by atoms with Crippen molar-refractivity contribution in [3.63, 3.8) is 0 Å². The van der Waals surface area contributed by atoms with Crippen LogP contribution in [0.1, 0.15) is 37.8 Å². The summed E-state index contributed by atoms with van der Waals surface area (Å²) < 4.78 is 10.6. The molecular weight excluding hydrogens is 674 g/mol. The normalized spacial score (nSPS) is 15.6. The number of hydrogen-bond donors (Lipinski definition) is 3. The second kappa shape index (κ2) is 16.6. The molecule has 2 saturated heterocycles. The van der Waals surface area contributed by atoms with Gasteiger partial charge in [0.2, 0.25) is 17.7 Å². The fourth-order valence-electron chi connectivity index (χ4n) is 6.31. The van der Waals surface area contributed by atoms with Gasteiger partial charge >= 0.3 is 24.0 Å². The van der Waals surface area contributed by atoms with Gasteiger partial charge in [0, 0.05) is 58.3 Å². The maximum Gasteiger partial charge on any atom is 0.408 e. The summed E-state index contributed by atoms with van der Waals surface area (Å²) in [5, 5.41) is 7.28. The topological polar surface area (TPSA) is 187 Å². The van der Waals surface area contributed by atoms with Gasteiger partial charge in [-0.2, -0.15) is 0 Å². The van der Waals surface area contributed by atoms with Gasteiger partial charge in [-0.1, -0.05) is 48.5 Å². The number of hydrogen-bond acceptors (Lipinski definition) is 9.